The van der Waals surface area contributed by atoms with Crippen molar-refractivity contribution in [2.45, 2.75) is 31.9 Å². The first-order chi connectivity index (χ1) is 8.73. The van der Waals surface area contributed by atoms with Gasteiger partial charge in [-0.3, -0.25) is 4.52 Å². The molecule has 0 aliphatic heterocycles. The average Bonchev–Trinajstić information content (AvgIpc) is 2.29. The zero-order chi connectivity index (χ0) is 14.9. The molecule has 0 spiro atoms. The Balaban J connectivity index is 4.00. The van der Waals surface area contributed by atoms with Crippen molar-refractivity contribution in [3.8, 4) is 0 Å². The molecule has 3 N–H and O–H groups in total. The van der Waals surface area contributed by atoms with E-state index in [0.717, 1.165) is 19.3 Å². The Morgan fingerprint density at radius 3 is 2.32 bits per heavy atom. The van der Waals surface area contributed by atoms with E-state index < -0.39 is 20.7 Å². The summed E-state index contributed by atoms with van der Waals surface area (Å²) < 4.78 is 21.6. The van der Waals surface area contributed by atoms with Gasteiger partial charge in [0.25, 0.3) is 0 Å². The van der Waals surface area contributed by atoms with Crippen LogP contribution in [-0.2, 0) is 13.6 Å². The van der Waals surface area contributed by atoms with Gasteiger partial charge in [0.1, 0.15) is 0 Å². The molecule has 0 saturated heterocycles. The van der Waals surface area contributed by atoms with E-state index in [9.17, 15) is 14.6 Å². The summed E-state index contributed by atoms with van der Waals surface area (Å²) in [6.45, 7) is 0.187. The Kier molecular flexibility index (Phi) is 9.02. The van der Waals surface area contributed by atoms with Crippen molar-refractivity contribution < 1.29 is 28.1 Å². The highest BCUT2D eigenvalue weighted by atomic mass is 31.2. The number of rotatable bonds is 11. The zero-order valence-corrected chi connectivity index (χ0v) is 13.0. The highest BCUT2D eigenvalue weighted by Crippen LogP contribution is 2.45. The molecule has 0 aliphatic carbocycles. The lowest BCUT2D eigenvalue weighted by atomic mass is 10.2. The Morgan fingerprint density at radius 1 is 1.26 bits per heavy atom. The molecule has 0 heterocycles. The summed E-state index contributed by atoms with van der Waals surface area (Å²) in [7, 11) is 0.995. The van der Waals surface area contributed by atoms with Gasteiger partial charge >= 0.3 is 7.82 Å². The van der Waals surface area contributed by atoms with Crippen molar-refractivity contribution in [3.05, 3.63) is 0 Å². The maximum Gasteiger partial charge on any atom is 0.476 e. The van der Waals surface area contributed by atoms with Crippen LogP contribution in [-0.4, -0.2) is 56.5 Å². The second-order valence-electron chi connectivity index (χ2n) is 5.35. The predicted molar refractivity (Wildman–Crippen MR) is 71.1 cm³/mol. The normalized spacial score (nSPS) is 17.2. The molecule has 0 aliphatic rings. The van der Waals surface area contributed by atoms with Crippen molar-refractivity contribution in [3.63, 3.8) is 0 Å². The molecule has 2 atom stereocenters. The fourth-order valence-corrected chi connectivity index (χ4v) is 2.43. The second kappa shape index (κ2) is 9.02. The van der Waals surface area contributed by atoms with Crippen LogP contribution in [0.3, 0.4) is 0 Å². The van der Waals surface area contributed by atoms with Gasteiger partial charge in [-0.25, -0.2) is 9.09 Å². The zero-order valence-electron chi connectivity index (χ0n) is 12.1. The van der Waals surface area contributed by atoms with Gasteiger partial charge in [0, 0.05) is 0 Å². The van der Waals surface area contributed by atoms with E-state index in [2.05, 4.69) is 0 Å². The maximum absolute atomic E-state index is 11.7. The van der Waals surface area contributed by atoms with E-state index in [1.165, 1.54) is 0 Å². The molecule has 0 rings (SSSR count). The quantitative estimate of drug-likeness (QED) is 0.241. The number of unbranched alkanes of at least 4 members (excludes halogenated alkanes) is 3. The lowest BCUT2D eigenvalue weighted by Crippen LogP contribution is -2.51. The molecule has 116 valence electrons. The van der Waals surface area contributed by atoms with Crippen LogP contribution in [0.15, 0.2) is 0 Å². The van der Waals surface area contributed by atoms with E-state index in [0.29, 0.717) is 13.0 Å². The summed E-state index contributed by atoms with van der Waals surface area (Å²) in [4.78, 5) is 9.52. The highest BCUT2D eigenvalue weighted by Gasteiger charge is 2.31. The molecular formula is C11H27N2O5P. The summed E-state index contributed by atoms with van der Waals surface area (Å²) >= 11 is 0. The van der Waals surface area contributed by atoms with Crippen LogP contribution < -0.4 is 10.8 Å². The average molecular weight is 298 g/mol. The van der Waals surface area contributed by atoms with E-state index in [1.807, 2.05) is 0 Å². The third-order valence-electron chi connectivity index (χ3n) is 2.61. The minimum Gasteiger partial charge on any atom is -0.848 e. The Bertz CT molecular complexity index is 283. The van der Waals surface area contributed by atoms with Gasteiger partial charge in [-0.15, -0.1) is 0 Å². The monoisotopic (exact) mass is 298 g/mol. The van der Waals surface area contributed by atoms with E-state index >= 15 is 0 Å². The summed E-state index contributed by atoms with van der Waals surface area (Å²) in [5, 5.41) is 11.0. The van der Waals surface area contributed by atoms with Crippen LogP contribution >= 0.6 is 7.82 Å². The fourth-order valence-electron chi connectivity index (χ4n) is 1.36. The SMILES string of the molecule is C[N+](C)(C)C(C[O-])OP(=O)(O)OCCCCCCN. The number of phosphoric ester groups is 1. The Morgan fingerprint density at radius 2 is 1.84 bits per heavy atom. The number of nitrogens with zero attached hydrogens (tertiary/aromatic N) is 1. The molecular weight excluding hydrogens is 271 g/mol. The van der Waals surface area contributed by atoms with Crippen LogP contribution in [0.1, 0.15) is 25.7 Å². The van der Waals surface area contributed by atoms with Gasteiger partial charge in [0.15, 0.2) is 6.23 Å². The molecule has 0 aromatic heterocycles. The first-order valence-electron chi connectivity index (χ1n) is 6.48. The number of likely N-dealkylation sites (N-methyl/N-ethyl adjacent to an activating group) is 1. The van der Waals surface area contributed by atoms with Crippen LogP contribution in [0.25, 0.3) is 0 Å². The summed E-state index contributed by atoms with van der Waals surface area (Å²) in [5.74, 6) is 0. The molecule has 0 bridgehead atoms. The Labute approximate surface area is 115 Å². The maximum atomic E-state index is 11.7. The third kappa shape index (κ3) is 9.51. The van der Waals surface area contributed by atoms with Crippen LogP contribution in [0.4, 0.5) is 0 Å². The second-order valence-corrected chi connectivity index (χ2v) is 6.75. The van der Waals surface area contributed by atoms with Crippen molar-refractivity contribution in [1.82, 2.24) is 0 Å². The molecule has 7 nitrogen and oxygen atoms in total. The smallest absolute Gasteiger partial charge is 0.476 e. The van der Waals surface area contributed by atoms with Crippen molar-refractivity contribution in [2.75, 3.05) is 40.9 Å². The van der Waals surface area contributed by atoms with E-state index in [4.69, 9.17) is 14.8 Å². The lowest BCUT2D eigenvalue weighted by molar-refractivity contribution is -0.922. The number of quaternary nitrogens is 1. The van der Waals surface area contributed by atoms with Gasteiger partial charge in [0.2, 0.25) is 0 Å². The molecule has 0 aromatic rings. The van der Waals surface area contributed by atoms with Gasteiger partial charge in [-0.05, 0) is 19.4 Å². The van der Waals surface area contributed by atoms with Gasteiger partial charge in [-0.1, -0.05) is 19.4 Å². The highest BCUT2D eigenvalue weighted by molar-refractivity contribution is 7.47. The minimum atomic E-state index is -4.16. The van der Waals surface area contributed by atoms with Gasteiger partial charge < -0.3 is 20.2 Å². The van der Waals surface area contributed by atoms with Crippen molar-refractivity contribution in [1.29, 1.82) is 0 Å². The molecule has 0 fully saturated rings. The largest absolute Gasteiger partial charge is 0.848 e. The lowest BCUT2D eigenvalue weighted by Gasteiger charge is -2.35. The van der Waals surface area contributed by atoms with Crippen LogP contribution in [0.2, 0.25) is 0 Å². The summed E-state index contributed by atoms with van der Waals surface area (Å²) in [5.41, 5.74) is 5.36. The van der Waals surface area contributed by atoms with E-state index in [-0.39, 0.29) is 11.1 Å². The molecule has 0 radical (unpaired) electrons. The summed E-state index contributed by atoms with van der Waals surface area (Å²) in [6, 6.07) is 0. The number of hydrogen-bond acceptors (Lipinski definition) is 5. The number of phosphoric acid groups is 1. The van der Waals surface area contributed by atoms with E-state index in [1.54, 1.807) is 21.1 Å². The van der Waals surface area contributed by atoms with Gasteiger partial charge in [0.05, 0.1) is 27.7 Å². The van der Waals surface area contributed by atoms with Crippen LogP contribution in [0, 0.1) is 0 Å². The van der Waals surface area contributed by atoms with Crippen LogP contribution in [0.5, 0.6) is 0 Å². The standard InChI is InChI=1S/C11H27N2O5P/c1-13(2,3)11(10-14)18-19(15,16)17-9-7-5-4-6-8-12/h11H,4-10,12H2,1-3H3,(H,15,16). The van der Waals surface area contributed by atoms with Crippen molar-refractivity contribution >= 4 is 7.82 Å². The molecule has 2 unspecified atom stereocenters. The number of hydrogen-bond donors (Lipinski definition) is 2. The van der Waals surface area contributed by atoms with Gasteiger partial charge in [-0.2, -0.15) is 0 Å². The molecule has 8 heteroatoms. The molecule has 0 saturated carbocycles. The molecule has 0 amide bonds. The Hall–Kier alpha value is -0.0100. The first kappa shape index (κ1) is 19.0. The number of nitrogens with two attached hydrogens (primary N) is 1. The predicted octanol–water partition coefficient (Wildman–Crippen LogP) is 0.0317. The topological polar surface area (TPSA) is 105 Å². The summed E-state index contributed by atoms with van der Waals surface area (Å²) in [6.07, 6.45) is 2.55. The first-order valence-corrected chi connectivity index (χ1v) is 7.97. The fraction of sp³-hybridized carbons (Fsp3) is 1.00. The minimum absolute atomic E-state index is 0.140. The molecule has 0 aromatic carbocycles. The third-order valence-corrected chi connectivity index (χ3v) is 3.63. The van der Waals surface area contributed by atoms with Crippen molar-refractivity contribution in [2.24, 2.45) is 5.73 Å². The molecule has 19 heavy (non-hydrogen) atoms.